The third-order valence-corrected chi connectivity index (χ3v) is 1.77. The van der Waals surface area contributed by atoms with Crippen LogP contribution in [-0.2, 0) is 4.74 Å². The van der Waals surface area contributed by atoms with E-state index in [2.05, 4.69) is 9.84 Å². The van der Waals surface area contributed by atoms with Gasteiger partial charge in [0.25, 0.3) is 5.69 Å². The van der Waals surface area contributed by atoms with Gasteiger partial charge in [0.15, 0.2) is 0 Å². The number of amides is 1. The average molecular weight is 239 g/mol. The normalized spacial score (nSPS) is 10.2. The van der Waals surface area contributed by atoms with Gasteiger partial charge in [-0.3, -0.25) is 10.1 Å². The van der Waals surface area contributed by atoms with Gasteiger partial charge in [-0.25, -0.2) is 10.2 Å². The zero-order valence-corrected chi connectivity index (χ0v) is 8.78. The van der Waals surface area contributed by atoms with Gasteiger partial charge >= 0.3 is 6.09 Å². The fourth-order valence-corrected chi connectivity index (χ4v) is 0.959. The van der Waals surface area contributed by atoms with Crippen LogP contribution in [0.2, 0.25) is 0 Å². The van der Waals surface area contributed by atoms with Crippen molar-refractivity contribution in [1.82, 2.24) is 5.43 Å². The van der Waals surface area contributed by atoms with Crippen LogP contribution in [0.1, 0.15) is 5.56 Å². The Balaban J connectivity index is 2.86. The zero-order chi connectivity index (χ0) is 12.8. The first-order valence-corrected chi connectivity index (χ1v) is 4.39. The molecule has 0 aliphatic heterocycles. The number of hydrogen-bond donors (Lipinski definition) is 2. The second-order valence-corrected chi connectivity index (χ2v) is 2.86. The topological polar surface area (TPSA) is 114 Å². The Hall–Kier alpha value is -2.64. The molecule has 0 heterocycles. The SMILES string of the molecule is COC(=O)N/N=C/c1cc([N+](=O)[O-])ccc1O. The Bertz CT molecular complexity index is 472. The summed E-state index contributed by atoms with van der Waals surface area (Å²) in [7, 11) is 1.16. The molecule has 0 unspecified atom stereocenters. The number of rotatable bonds is 3. The van der Waals surface area contributed by atoms with E-state index in [9.17, 15) is 20.0 Å². The maximum atomic E-state index is 10.6. The van der Waals surface area contributed by atoms with Crippen LogP contribution in [0, 0.1) is 10.1 Å². The first-order chi connectivity index (χ1) is 8.04. The van der Waals surface area contributed by atoms with Gasteiger partial charge in [-0.15, -0.1) is 0 Å². The van der Waals surface area contributed by atoms with Gasteiger partial charge in [0.05, 0.1) is 18.2 Å². The molecule has 0 saturated heterocycles. The van der Waals surface area contributed by atoms with E-state index in [1.54, 1.807) is 0 Å². The Morgan fingerprint density at radius 2 is 2.35 bits per heavy atom. The lowest BCUT2D eigenvalue weighted by Gasteiger charge is -1.99. The Morgan fingerprint density at radius 3 is 2.94 bits per heavy atom. The van der Waals surface area contributed by atoms with Crippen LogP contribution in [0.15, 0.2) is 23.3 Å². The number of nitrogens with one attached hydrogen (secondary N) is 1. The van der Waals surface area contributed by atoms with Crippen molar-refractivity contribution in [2.75, 3.05) is 7.11 Å². The number of carbonyl (C=O) groups excluding carboxylic acids is 1. The van der Waals surface area contributed by atoms with Crippen molar-refractivity contribution < 1.29 is 19.6 Å². The second kappa shape index (κ2) is 5.45. The van der Waals surface area contributed by atoms with E-state index in [-0.39, 0.29) is 17.0 Å². The van der Waals surface area contributed by atoms with Gasteiger partial charge in [0, 0.05) is 17.7 Å². The molecule has 1 aromatic carbocycles. The maximum Gasteiger partial charge on any atom is 0.427 e. The van der Waals surface area contributed by atoms with E-state index in [4.69, 9.17) is 0 Å². The molecule has 1 aromatic rings. The van der Waals surface area contributed by atoms with Crippen LogP contribution in [0.5, 0.6) is 5.75 Å². The fourth-order valence-electron chi connectivity index (χ4n) is 0.959. The van der Waals surface area contributed by atoms with Crippen molar-refractivity contribution in [2.24, 2.45) is 5.10 Å². The predicted molar refractivity (Wildman–Crippen MR) is 57.9 cm³/mol. The number of benzene rings is 1. The zero-order valence-electron chi connectivity index (χ0n) is 8.78. The van der Waals surface area contributed by atoms with Gasteiger partial charge in [0.2, 0.25) is 0 Å². The van der Waals surface area contributed by atoms with Crippen molar-refractivity contribution in [3.8, 4) is 5.75 Å². The smallest absolute Gasteiger partial charge is 0.427 e. The number of hydrogen-bond acceptors (Lipinski definition) is 6. The highest BCUT2D eigenvalue weighted by Crippen LogP contribution is 2.20. The fraction of sp³-hybridized carbons (Fsp3) is 0.111. The van der Waals surface area contributed by atoms with Crippen LogP contribution in [0.25, 0.3) is 0 Å². The number of nitro groups is 1. The summed E-state index contributed by atoms with van der Waals surface area (Å²) in [4.78, 5) is 20.5. The minimum absolute atomic E-state index is 0.107. The van der Waals surface area contributed by atoms with Crippen molar-refractivity contribution in [3.05, 3.63) is 33.9 Å². The van der Waals surface area contributed by atoms with Gasteiger partial charge < -0.3 is 9.84 Å². The minimum atomic E-state index is -0.786. The summed E-state index contributed by atoms with van der Waals surface area (Å²) in [5, 5.41) is 23.3. The van der Waals surface area contributed by atoms with E-state index in [1.807, 2.05) is 5.43 Å². The molecule has 0 fully saturated rings. The Kier molecular flexibility index (Phi) is 3.98. The molecule has 0 aliphatic rings. The lowest BCUT2D eigenvalue weighted by Crippen LogP contribution is -2.16. The summed E-state index contributed by atoms with van der Waals surface area (Å²) in [6.07, 6.45) is 0.283. The Morgan fingerprint density at radius 1 is 1.65 bits per heavy atom. The lowest BCUT2D eigenvalue weighted by molar-refractivity contribution is -0.384. The number of ether oxygens (including phenoxy) is 1. The first kappa shape index (κ1) is 12.4. The molecule has 0 saturated carbocycles. The summed E-state index contributed by atoms with van der Waals surface area (Å²) in [6.45, 7) is 0. The van der Waals surface area contributed by atoms with Gasteiger partial charge in [-0.05, 0) is 6.07 Å². The minimum Gasteiger partial charge on any atom is -0.507 e. The van der Waals surface area contributed by atoms with Crippen LogP contribution in [-0.4, -0.2) is 29.4 Å². The second-order valence-electron chi connectivity index (χ2n) is 2.86. The summed E-state index contributed by atoms with van der Waals surface area (Å²) >= 11 is 0. The van der Waals surface area contributed by atoms with E-state index in [0.717, 1.165) is 31.5 Å². The molecule has 17 heavy (non-hydrogen) atoms. The molecule has 1 amide bonds. The number of methoxy groups -OCH3 is 1. The highest BCUT2D eigenvalue weighted by molar-refractivity contribution is 5.85. The van der Waals surface area contributed by atoms with Gasteiger partial charge in [0.1, 0.15) is 5.75 Å². The van der Waals surface area contributed by atoms with E-state index >= 15 is 0 Å². The molecule has 90 valence electrons. The number of phenolic OH excluding ortho intramolecular Hbond substituents is 1. The van der Waals surface area contributed by atoms with Crippen molar-refractivity contribution >= 4 is 18.0 Å². The molecule has 0 radical (unpaired) electrons. The predicted octanol–water partition coefficient (Wildman–Crippen LogP) is 0.990. The average Bonchev–Trinajstić information content (AvgIpc) is 2.30. The van der Waals surface area contributed by atoms with Crippen molar-refractivity contribution in [2.45, 2.75) is 0 Å². The number of nitrogens with zero attached hydrogens (tertiary/aromatic N) is 2. The Labute approximate surface area is 95.7 Å². The summed E-state index contributed by atoms with van der Waals surface area (Å²) in [5.74, 6) is -0.189. The lowest BCUT2D eigenvalue weighted by atomic mass is 10.2. The molecule has 2 N–H and O–H groups in total. The van der Waals surface area contributed by atoms with Gasteiger partial charge in [-0.1, -0.05) is 0 Å². The number of phenols is 1. The summed E-state index contributed by atoms with van der Waals surface area (Å²) in [6, 6.07) is 3.44. The third-order valence-electron chi connectivity index (χ3n) is 1.77. The summed E-state index contributed by atoms with van der Waals surface area (Å²) < 4.78 is 4.25. The highest BCUT2D eigenvalue weighted by atomic mass is 16.6. The quantitative estimate of drug-likeness (QED) is 0.463. The first-order valence-electron chi connectivity index (χ1n) is 4.39. The van der Waals surface area contributed by atoms with Crippen LogP contribution >= 0.6 is 0 Å². The monoisotopic (exact) mass is 239 g/mol. The number of non-ortho nitro benzene ring substituents is 1. The van der Waals surface area contributed by atoms with Crippen LogP contribution in [0.3, 0.4) is 0 Å². The highest BCUT2D eigenvalue weighted by Gasteiger charge is 2.08. The largest absolute Gasteiger partial charge is 0.507 e. The van der Waals surface area contributed by atoms with Crippen molar-refractivity contribution in [3.63, 3.8) is 0 Å². The number of aromatic hydroxyl groups is 1. The number of nitro benzene ring substituents is 1. The van der Waals surface area contributed by atoms with E-state index in [1.165, 1.54) is 0 Å². The van der Waals surface area contributed by atoms with Crippen molar-refractivity contribution in [1.29, 1.82) is 0 Å². The molecule has 0 bridgehead atoms. The van der Waals surface area contributed by atoms with Crippen LogP contribution < -0.4 is 5.43 Å². The summed E-state index contributed by atoms with van der Waals surface area (Å²) in [5.41, 5.74) is 1.90. The number of carbonyl (C=O) groups is 1. The molecule has 0 aliphatic carbocycles. The molecule has 8 nitrogen and oxygen atoms in total. The molecule has 0 spiro atoms. The number of hydrazone groups is 1. The molecular formula is C9H9N3O5. The molecule has 8 heteroatoms. The molecular weight excluding hydrogens is 230 g/mol. The standard InChI is InChI=1S/C9H9N3O5/c1-17-9(14)11-10-5-6-4-7(12(15)16)2-3-8(6)13/h2-5,13H,1H3,(H,11,14)/b10-5+. The molecule has 0 aromatic heterocycles. The third kappa shape index (κ3) is 3.45. The van der Waals surface area contributed by atoms with E-state index < -0.39 is 11.0 Å². The molecule has 0 atom stereocenters. The van der Waals surface area contributed by atoms with Gasteiger partial charge in [-0.2, -0.15) is 5.10 Å². The maximum absolute atomic E-state index is 10.6. The van der Waals surface area contributed by atoms with Crippen LogP contribution in [0.4, 0.5) is 10.5 Å². The van der Waals surface area contributed by atoms with E-state index in [0.29, 0.717) is 0 Å². The molecule has 1 rings (SSSR count).